The molecule has 108 valence electrons. The molecule has 3 N–H and O–H groups in total. The molecule has 2 rings (SSSR count). The first-order valence-electron chi connectivity index (χ1n) is 6.42. The molecule has 0 unspecified atom stereocenters. The minimum Gasteiger partial charge on any atom is -0.334 e. The van der Waals surface area contributed by atoms with Crippen LogP contribution < -0.4 is 10.0 Å². The average Bonchev–Trinajstić information content (AvgIpc) is 2.94. The molecule has 7 heteroatoms. The van der Waals surface area contributed by atoms with E-state index in [4.69, 9.17) is 0 Å². The Kier molecular flexibility index (Phi) is 4.75. The molecule has 0 bridgehead atoms. The Labute approximate surface area is 118 Å². The Hall–Kier alpha value is -1.86. The standard InChI is InChI=1S/C13H18N4O2S/c1-2-6-14-8-11-4-3-5-12(7-11)17-20(18,19)13-9-15-10-16-13/h3-5,7,9-10,14,17H,2,6,8H2,1H3,(H,15,16). The van der Waals surface area contributed by atoms with Crippen LogP contribution in [0.1, 0.15) is 18.9 Å². The second-order valence-corrected chi connectivity index (χ2v) is 6.05. The molecule has 0 spiro atoms. The van der Waals surface area contributed by atoms with Crippen molar-refractivity contribution in [2.45, 2.75) is 24.9 Å². The van der Waals surface area contributed by atoms with Crippen LogP contribution in [0.5, 0.6) is 0 Å². The van der Waals surface area contributed by atoms with Crippen LogP contribution in [0.4, 0.5) is 5.69 Å². The number of hydrogen-bond acceptors (Lipinski definition) is 4. The van der Waals surface area contributed by atoms with Gasteiger partial charge in [-0.25, -0.2) is 4.98 Å². The molecule has 20 heavy (non-hydrogen) atoms. The first-order chi connectivity index (χ1) is 9.62. The molecular formula is C13H18N4O2S. The van der Waals surface area contributed by atoms with E-state index in [0.29, 0.717) is 12.2 Å². The third-order valence-corrected chi connectivity index (χ3v) is 4.00. The van der Waals surface area contributed by atoms with E-state index in [-0.39, 0.29) is 5.03 Å². The van der Waals surface area contributed by atoms with Gasteiger partial charge in [-0.3, -0.25) is 4.72 Å². The van der Waals surface area contributed by atoms with E-state index < -0.39 is 10.0 Å². The molecule has 2 aromatic rings. The fraction of sp³-hybridized carbons (Fsp3) is 0.308. The third-order valence-electron chi connectivity index (χ3n) is 2.70. The van der Waals surface area contributed by atoms with E-state index in [2.05, 4.69) is 26.9 Å². The number of benzene rings is 1. The molecular weight excluding hydrogens is 276 g/mol. The number of aromatic amines is 1. The molecule has 6 nitrogen and oxygen atoms in total. The molecule has 0 saturated carbocycles. The van der Waals surface area contributed by atoms with Gasteiger partial charge in [0.15, 0.2) is 5.03 Å². The van der Waals surface area contributed by atoms with Crippen molar-refractivity contribution in [1.82, 2.24) is 15.3 Å². The Morgan fingerprint density at radius 2 is 2.20 bits per heavy atom. The van der Waals surface area contributed by atoms with Gasteiger partial charge in [0.25, 0.3) is 10.0 Å². The molecule has 0 aliphatic carbocycles. The van der Waals surface area contributed by atoms with Gasteiger partial charge in [-0.05, 0) is 30.7 Å². The highest BCUT2D eigenvalue weighted by Crippen LogP contribution is 2.15. The van der Waals surface area contributed by atoms with Gasteiger partial charge in [-0.2, -0.15) is 8.42 Å². The van der Waals surface area contributed by atoms with E-state index in [1.807, 2.05) is 18.2 Å². The number of sulfonamides is 1. The zero-order valence-electron chi connectivity index (χ0n) is 11.3. The maximum atomic E-state index is 12.0. The number of hydrogen-bond donors (Lipinski definition) is 3. The van der Waals surface area contributed by atoms with Crippen molar-refractivity contribution in [3.8, 4) is 0 Å². The monoisotopic (exact) mass is 294 g/mol. The molecule has 0 saturated heterocycles. The highest BCUT2D eigenvalue weighted by Gasteiger charge is 2.15. The molecule has 0 aliphatic heterocycles. The predicted octanol–water partition coefficient (Wildman–Crippen LogP) is 1.71. The van der Waals surface area contributed by atoms with Crippen molar-refractivity contribution in [1.29, 1.82) is 0 Å². The van der Waals surface area contributed by atoms with Crippen molar-refractivity contribution >= 4 is 15.7 Å². The lowest BCUT2D eigenvalue weighted by Crippen LogP contribution is -2.15. The topological polar surface area (TPSA) is 86.9 Å². The highest BCUT2D eigenvalue weighted by molar-refractivity contribution is 7.92. The van der Waals surface area contributed by atoms with Gasteiger partial charge in [-0.15, -0.1) is 0 Å². The number of nitrogens with one attached hydrogen (secondary N) is 3. The van der Waals surface area contributed by atoms with Gasteiger partial charge in [-0.1, -0.05) is 19.1 Å². The van der Waals surface area contributed by atoms with E-state index in [0.717, 1.165) is 18.5 Å². The number of anilines is 1. The van der Waals surface area contributed by atoms with Crippen molar-refractivity contribution in [3.05, 3.63) is 42.4 Å². The number of rotatable bonds is 7. The summed E-state index contributed by atoms with van der Waals surface area (Å²) in [6.45, 7) is 3.75. The fourth-order valence-electron chi connectivity index (χ4n) is 1.75. The molecule has 0 aliphatic rings. The lowest BCUT2D eigenvalue weighted by atomic mass is 10.2. The molecule has 0 amide bonds. The summed E-state index contributed by atoms with van der Waals surface area (Å²) in [5.41, 5.74) is 1.57. The van der Waals surface area contributed by atoms with Crippen LogP contribution in [0.25, 0.3) is 0 Å². The van der Waals surface area contributed by atoms with Crippen molar-refractivity contribution in [2.75, 3.05) is 11.3 Å². The van der Waals surface area contributed by atoms with Crippen LogP contribution in [0, 0.1) is 0 Å². The maximum absolute atomic E-state index is 12.0. The molecule has 1 aromatic carbocycles. The fourth-order valence-corrected chi connectivity index (χ4v) is 2.71. The van der Waals surface area contributed by atoms with Gasteiger partial charge in [0.2, 0.25) is 0 Å². The summed E-state index contributed by atoms with van der Waals surface area (Å²) in [5, 5.41) is 3.32. The Balaban J connectivity index is 2.08. The van der Waals surface area contributed by atoms with Crippen LogP contribution in [-0.4, -0.2) is 24.9 Å². The smallest absolute Gasteiger partial charge is 0.278 e. The summed E-state index contributed by atoms with van der Waals surface area (Å²) in [5.74, 6) is 0. The summed E-state index contributed by atoms with van der Waals surface area (Å²) in [6.07, 6.45) is 3.67. The zero-order valence-corrected chi connectivity index (χ0v) is 12.1. The third kappa shape index (κ3) is 3.82. The summed E-state index contributed by atoms with van der Waals surface area (Å²) in [4.78, 5) is 6.29. The largest absolute Gasteiger partial charge is 0.334 e. The minimum absolute atomic E-state index is 0.0482. The molecule has 0 atom stereocenters. The number of aromatic nitrogens is 2. The molecule has 0 radical (unpaired) electrons. The summed E-state index contributed by atoms with van der Waals surface area (Å²) >= 11 is 0. The normalized spacial score (nSPS) is 11.4. The second kappa shape index (κ2) is 6.53. The Morgan fingerprint density at radius 1 is 1.35 bits per heavy atom. The predicted molar refractivity (Wildman–Crippen MR) is 77.8 cm³/mol. The molecule has 1 aromatic heterocycles. The number of imidazole rings is 1. The Morgan fingerprint density at radius 3 is 2.90 bits per heavy atom. The summed E-state index contributed by atoms with van der Waals surface area (Å²) in [7, 11) is -3.60. The summed E-state index contributed by atoms with van der Waals surface area (Å²) in [6, 6.07) is 7.32. The number of H-pyrrole nitrogens is 1. The van der Waals surface area contributed by atoms with Crippen LogP contribution in [0.3, 0.4) is 0 Å². The molecule has 0 fully saturated rings. The number of nitrogens with zero attached hydrogens (tertiary/aromatic N) is 1. The SMILES string of the molecule is CCCNCc1cccc(NS(=O)(=O)c2cnc[nH]2)c1. The Bertz CT molecular complexity index is 638. The quantitative estimate of drug-likeness (QED) is 0.678. The average molecular weight is 294 g/mol. The van der Waals surface area contributed by atoms with Crippen molar-refractivity contribution < 1.29 is 8.42 Å². The van der Waals surface area contributed by atoms with Gasteiger partial charge in [0.1, 0.15) is 0 Å². The summed E-state index contributed by atoms with van der Waals surface area (Å²) < 4.78 is 26.6. The highest BCUT2D eigenvalue weighted by atomic mass is 32.2. The zero-order chi connectivity index (χ0) is 14.4. The van der Waals surface area contributed by atoms with Crippen LogP contribution in [0.15, 0.2) is 41.8 Å². The van der Waals surface area contributed by atoms with E-state index in [1.165, 1.54) is 12.5 Å². The van der Waals surface area contributed by atoms with Gasteiger partial charge >= 0.3 is 0 Å². The molecule has 1 heterocycles. The van der Waals surface area contributed by atoms with Crippen LogP contribution in [-0.2, 0) is 16.6 Å². The van der Waals surface area contributed by atoms with E-state index in [1.54, 1.807) is 6.07 Å². The minimum atomic E-state index is -3.60. The van der Waals surface area contributed by atoms with Gasteiger partial charge in [0.05, 0.1) is 12.5 Å². The van der Waals surface area contributed by atoms with E-state index >= 15 is 0 Å². The lowest BCUT2D eigenvalue weighted by molar-refractivity contribution is 0.598. The van der Waals surface area contributed by atoms with Crippen LogP contribution >= 0.6 is 0 Å². The maximum Gasteiger partial charge on any atom is 0.278 e. The van der Waals surface area contributed by atoms with Crippen molar-refractivity contribution in [3.63, 3.8) is 0 Å². The first-order valence-corrected chi connectivity index (χ1v) is 7.91. The lowest BCUT2D eigenvalue weighted by Gasteiger charge is -2.08. The second-order valence-electron chi connectivity index (χ2n) is 4.40. The van der Waals surface area contributed by atoms with Gasteiger partial charge < -0.3 is 10.3 Å². The van der Waals surface area contributed by atoms with Gasteiger partial charge in [0, 0.05) is 12.2 Å². The van der Waals surface area contributed by atoms with Crippen LogP contribution in [0.2, 0.25) is 0 Å². The first kappa shape index (κ1) is 14.5. The van der Waals surface area contributed by atoms with Crippen molar-refractivity contribution in [2.24, 2.45) is 0 Å². The van der Waals surface area contributed by atoms with E-state index in [9.17, 15) is 8.42 Å².